The van der Waals surface area contributed by atoms with E-state index in [0.29, 0.717) is 11.5 Å². The highest BCUT2D eigenvalue weighted by Crippen LogP contribution is 2.34. The molecular weight excluding hydrogens is 284 g/mol. The standard InChI is InChI=1S/C16H14N2O2S/c1-19-14-4-3-12(9-15(14)20-2)13-10-21-16(18-13)11-5-7-17-8-6-11/h3-10H,1-2H3. The van der Waals surface area contributed by atoms with Crippen LogP contribution in [0.5, 0.6) is 11.5 Å². The molecule has 0 spiro atoms. The molecule has 2 heterocycles. The van der Waals surface area contributed by atoms with Gasteiger partial charge in [0.05, 0.1) is 19.9 Å². The van der Waals surface area contributed by atoms with Crippen molar-refractivity contribution < 1.29 is 9.47 Å². The van der Waals surface area contributed by atoms with E-state index in [4.69, 9.17) is 9.47 Å². The molecule has 21 heavy (non-hydrogen) atoms. The molecule has 5 heteroatoms. The lowest BCUT2D eigenvalue weighted by molar-refractivity contribution is 0.355. The average molecular weight is 298 g/mol. The quantitative estimate of drug-likeness (QED) is 0.733. The second kappa shape index (κ2) is 5.93. The molecule has 106 valence electrons. The van der Waals surface area contributed by atoms with Crippen molar-refractivity contribution in [3.05, 3.63) is 48.1 Å². The Morgan fingerprint density at radius 1 is 0.905 bits per heavy atom. The van der Waals surface area contributed by atoms with Gasteiger partial charge in [0.2, 0.25) is 0 Å². The predicted octanol–water partition coefficient (Wildman–Crippen LogP) is 3.89. The van der Waals surface area contributed by atoms with Crippen LogP contribution in [0.2, 0.25) is 0 Å². The molecule has 0 aliphatic carbocycles. The minimum atomic E-state index is 0.702. The van der Waals surface area contributed by atoms with E-state index < -0.39 is 0 Å². The van der Waals surface area contributed by atoms with E-state index in [1.54, 1.807) is 38.0 Å². The summed E-state index contributed by atoms with van der Waals surface area (Å²) in [6.45, 7) is 0. The van der Waals surface area contributed by atoms with E-state index in [1.807, 2.05) is 35.7 Å². The first kappa shape index (κ1) is 13.6. The van der Waals surface area contributed by atoms with Crippen molar-refractivity contribution in [1.82, 2.24) is 9.97 Å². The third-order valence-electron chi connectivity index (χ3n) is 3.11. The second-order valence-corrected chi connectivity index (χ2v) is 5.20. The summed E-state index contributed by atoms with van der Waals surface area (Å²) in [6.07, 6.45) is 3.54. The van der Waals surface area contributed by atoms with Crippen LogP contribution in [-0.4, -0.2) is 24.2 Å². The molecule has 0 fully saturated rings. The molecule has 4 nitrogen and oxygen atoms in total. The van der Waals surface area contributed by atoms with Gasteiger partial charge < -0.3 is 9.47 Å². The molecule has 0 bridgehead atoms. The molecule has 0 saturated heterocycles. The van der Waals surface area contributed by atoms with Gasteiger partial charge in [-0.3, -0.25) is 4.98 Å². The van der Waals surface area contributed by atoms with E-state index in [9.17, 15) is 0 Å². The van der Waals surface area contributed by atoms with Crippen LogP contribution >= 0.6 is 11.3 Å². The predicted molar refractivity (Wildman–Crippen MR) is 83.9 cm³/mol. The lowest BCUT2D eigenvalue weighted by atomic mass is 10.1. The minimum Gasteiger partial charge on any atom is -0.493 e. The maximum absolute atomic E-state index is 5.33. The van der Waals surface area contributed by atoms with Crippen molar-refractivity contribution in [2.45, 2.75) is 0 Å². The van der Waals surface area contributed by atoms with Crippen LogP contribution < -0.4 is 9.47 Å². The molecule has 3 aromatic rings. The first-order chi connectivity index (χ1) is 10.3. The molecule has 0 radical (unpaired) electrons. The maximum Gasteiger partial charge on any atom is 0.161 e. The number of ether oxygens (including phenoxy) is 2. The first-order valence-electron chi connectivity index (χ1n) is 6.40. The van der Waals surface area contributed by atoms with Crippen molar-refractivity contribution in [1.29, 1.82) is 0 Å². The number of aromatic nitrogens is 2. The Morgan fingerprint density at radius 2 is 1.67 bits per heavy atom. The van der Waals surface area contributed by atoms with Gasteiger partial charge in [0.15, 0.2) is 11.5 Å². The van der Waals surface area contributed by atoms with E-state index in [1.165, 1.54) is 0 Å². The Bertz CT molecular complexity index is 741. The number of benzene rings is 1. The summed E-state index contributed by atoms with van der Waals surface area (Å²) in [5.41, 5.74) is 3.00. The average Bonchev–Trinajstić information content (AvgIpc) is 3.05. The normalized spacial score (nSPS) is 10.4. The molecular formula is C16H14N2O2S. The second-order valence-electron chi connectivity index (χ2n) is 4.34. The highest BCUT2D eigenvalue weighted by atomic mass is 32.1. The van der Waals surface area contributed by atoms with Crippen LogP contribution in [0.4, 0.5) is 0 Å². The maximum atomic E-state index is 5.33. The van der Waals surface area contributed by atoms with Crippen LogP contribution in [0, 0.1) is 0 Å². The highest BCUT2D eigenvalue weighted by molar-refractivity contribution is 7.13. The number of methoxy groups -OCH3 is 2. The monoisotopic (exact) mass is 298 g/mol. The molecule has 3 rings (SSSR count). The summed E-state index contributed by atoms with van der Waals surface area (Å²) in [5, 5.41) is 3.01. The fourth-order valence-corrected chi connectivity index (χ4v) is 2.86. The molecule has 0 atom stereocenters. The lowest BCUT2D eigenvalue weighted by Crippen LogP contribution is -1.90. The fourth-order valence-electron chi connectivity index (χ4n) is 2.03. The Balaban J connectivity index is 1.97. The summed E-state index contributed by atoms with van der Waals surface area (Å²) in [6, 6.07) is 9.71. The minimum absolute atomic E-state index is 0.702. The van der Waals surface area contributed by atoms with Crippen LogP contribution in [0.3, 0.4) is 0 Å². The summed E-state index contributed by atoms with van der Waals surface area (Å²) >= 11 is 1.61. The molecule has 0 amide bonds. The molecule has 0 saturated carbocycles. The number of thiazole rings is 1. The van der Waals surface area contributed by atoms with Crippen LogP contribution in [0.25, 0.3) is 21.8 Å². The number of hydrogen-bond donors (Lipinski definition) is 0. The Hall–Kier alpha value is -2.40. The lowest BCUT2D eigenvalue weighted by Gasteiger charge is -2.08. The topological polar surface area (TPSA) is 44.2 Å². The fraction of sp³-hybridized carbons (Fsp3) is 0.125. The smallest absolute Gasteiger partial charge is 0.161 e. The SMILES string of the molecule is COc1ccc(-c2csc(-c3ccncc3)n2)cc1OC. The van der Waals surface area contributed by atoms with Crippen molar-refractivity contribution >= 4 is 11.3 Å². The molecule has 2 aromatic heterocycles. The number of rotatable bonds is 4. The van der Waals surface area contributed by atoms with Crippen molar-refractivity contribution in [2.24, 2.45) is 0 Å². The highest BCUT2D eigenvalue weighted by Gasteiger charge is 2.10. The summed E-state index contributed by atoms with van der Waals surface area (Å²) in [7, 11) is 3.26. The third kappa shape index (κ3) is 2.73. The molecule has 0 N–H and O–H groups in total. The van der Waals surface area contributed by atoms with E-state index in [2.05, 4.69) is 9.97 Å². The van der Waals surface area contributed by atoms with E-state index in [-0.39, 0.29) is 0 Å². The largest absolute Gasteiger partial charge is 0.493 e. The van der Waals surface area contributed by atoms with Gasteiger partial charge in [-0.25, -0.2) is 4.98 Å². The van der Waals surface area contributed by atoms with Gasteiger partial charge in [0.1, 0.15) is 5.01 Å². The van der Waals surface area contributed by atoms with E-state index in [0.717, 1.165) is 21.8 Å². The van der Waals surface area contributed by atoms with Gasteiger partial charge in [-0.2, -0.15) is 0 Å². The molecule has 0 aliphatic rings. The number of hydrogen-bond acceptors (Lipinski definition) is 5. The molecule has 1 aromatic carbocycles. The van der Waals surface area contributed by atoms with Crippen molar-refractivity contribution in [2.75, 3.05) is 14.2 Å². The van der Waals surface area contributed by atoms with Gasteiger partial charge in [0.25, 0.3) is 0 Å². The van der Waals surface area contributed by atoms with Gasteiger partial charge in [0, 0.05) is 28.9 Å². The summed E-state index contributed by atoms with van der Waals surface area (Å²) in [5.74, 6) is 1.42. The van der Waals surface area contributed by atoms with E-state index >= 15 is 0 Å². The van der Waals surface area contributed by atoms with Crippen LogP contribution in [0.15, 0.2) is 48.1 Å². The number of nitrogens with zero attached hydrogens (tertiary/aromatic N) is 2. The zero-order valence-electron chi connectivity index (χ0n) is 11.7. The Kier molecular flexibility index (Phi) is 3.83. The Morgan fingerprint density at radius 3 is 2.38 bits per heavy atom. The van der Waals surface area contributed by atoms with Gasteiger partial charge in [-0.15, -0.1) is 11.3 Å². The zero-order valence-corrected chi connectivity index (χ0v) is 12.6. The molecule has 0 unspecified atom stereocenters. The van der Waals surface area contributed by atoms with Crippen LogP contribution in [0.1, 0.15) is 0 Å². The van der Waals surface area contributed by atoms with Gasteiger partial charge in [-0.05, 0) is 30.3 Å². The van der Waals surface area contributed by atoms with Crippen molar-refractivity contribution in [3.8, 4) is 33.3 Å². The third-order valence-corrected chi connectivity index (χ3v) is 4.00. The molecule has 0 aliphatic heterocycles. The zero-order chi connectivity index (χ0) is 14.7. The Labute approximate surface area is 127 Å². The summed E-state index contributed by atoms with van der Waals surface area (Å²) < 4.78 is 10.6. The number of pyridine rings is 1. The summed E-state index contributed by atoms with van der Waals surface area (Å²) in [4.78, 5) is 8.70. The van der Waals surface area contributed by atoms with Gasteiger partial charge in [-0.1, -0.05) is 0 Å². The van der Waals surface area contributed by atoms with Gasteiger partial charge >= 0.3 is 0 Å². The first-order valence-corrected chi connectivity index (χ1v) is 7.28. The van der Waals surface area contributed by atoms with Crippen LogP contribution in [-0.2, 0) is 0 Å². The van der Waals surface area contributed by atoms with Crippen molar-refractivity contribution in [3.63, 3.8) is 0 Å².